The van der Waals surface area contributed by atoms with Crippen molar-refractivity contribution in [1.82, 2.24) is 10.2 Å². The fourth-order valence-corrected chi connectivity index (χ4v) is 2.59. The fraction of sp³-hybridized carbons (Fsp3) is 0.650. The number of hydrogen-bond donors (Lipinski definition) is 1. The third-order valence-corrected chi connectivity index (χ3v) is 3.50. The van der Waals surface area contributed by atoms with Gasteiger partial charge in [-0.1, -0.05) is 53.7 Å². The molecular formula is C20H34N2O3. The van der Waals surface area contributed by atoms with Gasteiger partial charge in [-0.3, -0.25) is 19.7 Å². The van der Waals surface area contributed by atoms with Crippen molar-refractivity contribution in [3.05, 3.63) is 23.3 Å². The maximum atomic E-state index is 12.3. The Morgan fingerprint density at radius 1 is 1.20 bits per heavy atom. The summed E-state index contributed by atoms with van der Waals surface area (Å²) in [5.41, 5.74) is 1.64. The van der Waals surface area contributed by atoms with Gasteiger partial charge in [-0.25, -0.2) is 0 Å². The van der Waals surface area contributed by atoms with Gasteiger partial charge in [0.1, 0.15) is 6.04 Å². The first-order chi connectivity index (χ1) is 11.8. The van der Waals surface area contributed by atoms with E-state index in [0.717, 1.165) is 17.9 Å². The molecule has 1 atom stereocenters. The number of carbonyl (C=O) groups is 3. The van der Waals surface area contributed by atoms with Crippen LogP contribution in [0, 0.1) is 5.92 Å². The molecule has 0 aliphatic carbocycles. The van der Waals surface area contributed by atoms with Gasteiger partial charge in [0.2, 0.25) is 11.8 Å². The summed E-state index contributed by atoms with van der Waals surface area (Å²) >= 11 is 0. The molecule has 5 heteroatoms. The minimum absolute atomic E-state index is 0.114. The van der Waals surface area contributed by atoms with E-state index in [9.17, 15) is 14.4 Å². The van der Waals surface area contributed by atoms with Crippen LogP contribution in [-0.2, 0) is 14.4 Å². The number of imide groups is 1. The lowest BCUT2D eigenvalue weighted by Crippen LogP contribution is -2.52. The van der Waals surface area contributed by atoms with Crippen molar-refractivity contribution in [1.29, 1.82) is 0 Å². The van der Waals surface area contributed by atoms with Gasteiger partial charge in [0.15, 0.2) is 0 Å². The van der Waals surface area contributed by atoms with E-state index < -0.39 is 6.04 Å². The summed E-state index contributed by atoms with van der Waals surface area (Å²) in [7, 11) is 0. The van der Waals surface area contributed by atoms with Crippen LogP contribution in [0.5, 0.6) is 0 Å². The molecule has 1 unspecified atom stereocenters. The highest BCUT2D eigenvalue weighted by molar-refractivity contribution is 6.06. The molecule has 0 bridgehead atoms. The highest BCUT2D eigenvalue weighted by Gasteiger charge is 2.40. The third kappa shape index (κ3) is 6.85. The summed E-state index contributed by atoms with van der Waals surface area (Å²) in [6.07, 6.45) is 5.35. The van der Waals surface area contributed by atoms with E-state index in [0.29, 0.717) is 18.5 Å². The van der Waals surface area contributed by atoms with Crippen LogP contribution in [0.2, 0.25) is 0 Å². The molecule has 2 saturated heterocycles. The molecule has 2 rings (SSSR count). The molecule has 0 aromatic carbocycles. The highest BCUT2D eigenvalue weighted by atomic mass is 16.2. The van der Waals surface area contributed by atoms with E-state index in [1.54, 1.807) is 11.0 Å². The van der Waals surface area contributed by atoms with E-state index in [1.807, 2.05) is 33.8 Å². The van der Waals surface area contributed by atoms with Crippen LogP contribution in [-0.4, -0.2) is 35.2 Å². The van der Waals surface area contributed by atoms with Crippen molar-refractivity contribution in [2.24, 2.45) is 5.92 Å². The van der Waals surface area contributed by atoms with Crippen LogP contribution in [0.15, 0.2) is 23.3 Å². The molecular weight excluding hydrogens is 316 g/mol. The molecule has 2 heterocycles. The maximum Gasteiger partial charge on any atom is 0.254 e. The normalized spacial score (nSPS) is 23.3. The zero-order valence-corrected chi connectivity index (χ0v) is 16.8. The van der Waals surface area contributed by atoms with Gasteiger partial charge in [0.05, 0.1) is 0 Å². The number of nitrogens with zero attached hydrogens (tertiary/aromatic N) is 1. The van der Waals surface area contributed by atoms with Crippen molar-refractivity contribution >= 4 is 17.7 Å². The molecule has 0 spiro atoms. The van der Waals surface area contributed by atoms with Crippen LogP contribution >= 0.6 is 0 Å². The van der Waals surface area contributed by atoms with Gasteiger partial charge in [-0.15, -0.1) is 0 Å². The van der Waals surface area contributed by atoms with E-state index >= 15 is 0 Å². The Balaban J connectivity index is 0.000000845. The average molecular weight is 351 g/mol. The Hall–Kier alpha value is -1.91. The van der Waals surface area contributed by atoms with Crippen molar-refractivity contribution in [2.75, 3.05) is 6.54 Å². The van der Waals surface area contributed by atoms with Crippen LogP contribution in [0.4, 0.5) is 0 Å². The van der Waals surface area contributed by atoms with Gasteiger partial charge in [-0.2, -0.15) is 0 Å². The molecule has 2 aliphatic heterocycles. The number of nitrogens with one attached hydrogen (secondary N) is 1. The van der Waals surface area contributed by atoms with Crippen molar-refractivity contribution in [3.63, 3.8) is 0 Å². The molecule has 25 heavy (non-hydrogen) atoms. The smallest absolute Gasteiger partial charge is 0.254 e. The number of likely N-dealkylation sites (tertiary alicyclic amines) is 1. The molecule has 1 N–H and O–H groups in total. The second kappa shape index (κ2) is 11.6. The third-order valence-electron chi connectivity index (χ3n) is 3.50. The minimum Gasteiger partial charge on any atom is -0.322 e. The van der Waals surface area contributed by atoms with Crippen LogP contribution in [0.3, 0.4) is 0 Å². The molecule has 0 radical (unpaired) electrons. The summed E-state index contributed by atoms with van der Waals surface area (Å²) in [4.78, 5) is 36.8. The molecule has 5 nitrogen and oxygen atoms in total. The first-order valence-corrected chi connectivity index (χ1v) is 9.32. The molecule has 0 saturated carbocycles. The predicted octanol–water partition coefficient (Wildman–Crippen LogP) is 3.61. The summed E-state index contributed by atoms with van der Waals surface area (Å²) in [6.45, 7) is 14.8. The Labute approximate surface area is 152 Å². The lowest BCUT2D eigenvalue weighted by molar-refractivity contribution is -0.142. The Kier molecular flexibility index (Phi) is 10.7. The summed E-state index contributed by atoms with van der Waals surface area (Å²) < 4.78 is 0. The SMILES string of the molecule is C/C=C1/C(=O)N(C2CCC(=O)NC2=O)C/C1=C/CC.CC.CC(C)C. The van der Waals surface area contributed by atoms with Crippen LogP contribution in [0.25, 0.3) is 0 Å². The number of hydrogen-bond acceptors (Lipinski definition) is 3. The molecule has 2 aliphatic rings. The van der Waals surface area contributed by atoms with Gasteiger partial charge in [0, 0.05) is 18.5 Å². The molecule has 3 amide bonds. The van der Waals surface area contributed by atoms with Gasteiger partial charge < -0.3 is 4.90 Å². The van der Waals surface area contributed by atoms with Crippen molar-refractivity contribution in [2.45, 2.75) is 73.8 Å². The predicted molar refractivity (Wildman–Crippen MR) is 102 cm³/mol. The number of carbonyl (C=O) groups excluding carboxylic acids is 3. The van der Waals surface area contributed by atoms with Gasteiger partial charge >= 0.3 is 0 Å². The zero-order valence-electron chi connectivity index (χ0n) is 16.8. The Morgan fingerprint density at radius 2 is 1.76 bits per heavy atom. The standard InChI is InChI=1S/C14H18N2O3.C4H10.C2H6/c1-3-5-9-8-16(14(19)10(9)4-2)11-6-7-12(17)15-13(11)18;1-4(2)3;1-2/h4-5,11H,3,6-8H2,1-2H3,(H,15,17,18);4H,1-3H3;1-2H3/b9-5-,10-4+;;. The Bertz CT molecular complexity index is 530. The lowest BCUT2D eigenvalue weighted by atomic mass is 10.0. The first kappa shape index (κ1) is 23.1. The van der Waals surface area contributed by atoms with Crippen LogP contribution < -0.4 is 5.32 Å². The average Bonchev–Trinajstić information content (AvgIpc) is 2.85. The van der Waals surface area contributed by atoms with E-state index in [4.69, 9.17) is 0 Å². The van der Waals surface area contributed by atoms with Crippen molar-refractivity contribution in [3.8, 4) is 0 Å². The first-order valence-electron chi connectivity index (χ1n) is 9.32. The van der Waals surface area contributed by atoms with E-state index in [1.165, 1.54) is 0 Å². The molecule has 142 valence electrons. The monoisotopic (exact) mass is 350 g/mol. The lowest BCUT2D eigenvalue weighted by Gasteiger charge is -2.28. The number of allylic oxidation sites excluding steroid dienone is 2. The highest BCUT2D eigenvalue weighted by Crippen LogP contribution is 2.28. The zero-order chi connectivity index (χ0) is 19.6. The topological polar surface area (TPSA) is 66.5 Å². The second-order valence-corrected chi connectivity index (χ2v) is 6.47. The maximum absolute atomic E-state index is 12.3. The number of rotatable bonds is 2. The largest absolute Gasteiger partial charge is 0.322 e. The quantitative estimate of drug-likeness (QED) is 0.611. The summed E-state index contributed by atoms with van der Waals surface area (Å²) in [5.74, 6) is 0.0953. The number of amides is 3. The fourth-order valence-electron chi connectivity index (χ4n) is 2.59. The van der Waals surface area contributed by atoms with Crippen molar-refractivity contribution < 1.29 is 14.4 Å². The summed E-state index contributed by atoms with van der Waals surface area (Å²) in [6, 6.07) is -0.525. The molecule has 2 fully saturated rings. The number of piperidine rings is 1. The van der Waals surface area contributed by atoms with Gasteiger partial charge in [0.25, 0.3) is 5.91 Å². The van der Waals surface area contributed by atoms with Gasteiger partial charge in [-0.05, 0) is 31.3 Å². The van der Waals surface area contributed by atoms with E-state index in [-0.39, 0.29) is 24.1 Å². The molecule has 0 aromatic rings. The summed E-state index contributed by atoms with van der Waals surface area (Å²) in [5, 5.41) is 2.30. The van der Waals surface area contributed by atoms with E-state index in [2.05, 4.69) is 26.1 Å². The second-order valence-electron chi connectivity index (χ2n) is 6.47. The Morgan fingerprint density at radius 3 is 2.20 bits per heavy atom. The minimum atomic E-state index is -0.525. The van der Waals surface area contributed by atoms with Crippen LogP contribution in [0.1, 0.15) is 67.7 Å². The molecule has 0 aromatic heterocycles.